The molecular weight excluding hydrogens is 1230 g/mol. The molecule has 0 unspecified atom stereocenters. The Kier molecular flexibility index (Phi) is 19.7. The lowest BCUT2D eigenvalue weighted by Gasteiger charge is -2.30. The maximum Gasteiger partial charge on any atom is 0.277 e. The minimum absolute atomic E-state index is 0.0625. The molecule has 1 aromatic heterocycles. The number of nitrogens with one attached hydrogen (secondary N) is 1. The SMILES string of the molecule is O=[N+]([O-])c1ccccc1-c1cc(N(c2ccccc2)c2ccccc2)cc(N(c2ccccc2)c2ccccc2)c1.c1ccc(N(c2ccccc2)c2cc(N(c3ccccc3)c3ccccc3)c3[nH]c4ccccc4c3c2)cc1.c1ccc(P(c2ccccc2)c2ccccc2)cc1. The number of anilines is 12. The zero-order valence-electron chi connectivity index (χ0n) is 54.3. The molecule has 8 nitrogen and oxygen atoms in total. The summed E-state index contributed by atoms with van der Waals surface area (Å²) in [5.74, 6) is 0. The van der Waals surface area contributed by atoms with Gasteiger partial charge in [0, 0.05) is 84.9 Å². The summed E-state index contributed by atoms with van der Waals surface area (Å²) in [6.45, 7) is 0. The van der Waals surface area contributed by atoms with Crippen LogP contribution in [0.2, 0.25) is 0 Å². The van der Waals surface area contributed by atoms with Crippen LogP contribution in [0.3, 0.4) is 0 Å². The fourth-order valence-electron chi connectivity index (χ4n) is 12.7. The third-order valence-electron chi connectivity index (χ3n) is 17.1. The molecule has 0 spiro atoms. The Morgan fingerprint density at radius 1 is 0.263 bits per heavy atom. The second-order valence-corrected chi connectivity index (χ2v) is 25.7. The molecule has 0 amide bonds. The smallest absolute Gasteiger partial charge is 0.277 e. The van der Waals surface area contributed by atoms with Crippen LogP contribution in [0, 0.1) is 10.1 Å². The number of rotatable bonds is 17. The summed E-state index contributed by atoms with van der Waals surface area (Å²) < 4.78 is 0. The molecule has 0 aliphatic heterocycles. The van der Waals surface area contributed by atoms with Gasteiger partial charge in [0.2, 0.25) is 0 Å². The second kappa shape index (κ2) is 30.7. The van der Waals surface area contributed by atoms with Crippen LogP contribution in [0.5, 0.6) is 0 Å². The summed E-state index contributed by atoms with van der Waals surface area (Å²) in [5.41, 5.74) is 15.9. The number of aromatic amines is 1. The molecule has 0 aliphatic carbocycles. The van der Waals surface area contributed by atoms with E-state index in [4.69, 9.17) is 0 Å². The van der Waals surface area contributed by atoms with Gasteiger partial charge >= 0.3 is 0 Å². The number of nitrogens with zero attached hydrogens (tertiary/aromatic N) is 5. The minimum Gasteiger partial charge on any atom is -0.353 e. The highest BCUT2D eigenvalue weighted by Crippen LogP contribution is 2.48. The first kappa shape index (κ1) is 63.5. The number of para-hydroxylation sites is 10. The van der Waals surface area contributed by atoms with E-state index in [1.165, 1.54) is 26.7 Å². The molecule has 0 radical (unpaired) electrons. The van der Waals surface area contributed by atoms with Gasteiger partial charge in [0.1, 0.15) is 0 Å². The van der Waals surface area contributed by atoms with E-state index >= 15 is 0 Å². The lowest BCUT2D eigenvalue weighted by atomic mass is 10.0. The first-order chi connectivity index (χ1) is 49.0. The molecule has 1 heterocycles. The van der Waals surface area contributed by atoms with Gasteiger partial charge in [-0.3, -0.25) is 10.1 Å². The number of aromatic nitrogens is 1. The molecule has 476 valence electrons. The third-order valence-corrected chi connectivity index (χ3v) is 19.5. The average Bonchev–Trinajstić information content (AvgIpc) is 1.65. The summed E-state index contributed by atoms with van der Waals surface area (Å²) in [7, 11) is -0.446. The second-order valence-electron chi connectivity index (χ2n) is 23.4. The number of fused-ring (bicyclic) bond motifs is 3. The molecule has 0 fully saturated rings. The molecule has 15 aromatic carbocycles. The van der Waals surface area contributed by atoms with Crippen LogP contribution >= 0.6 is 7.92 Å². The van der Waals surface area contributed by atoms with E-state index in [1.54, 1.807) is 12.1 Å². The highest BCUT2D eigenvalue weighted by atomic mass is 31.1. The number of hydrogen-bond donors (Lipinski definition) is 1. The fourth-order valence-corrected chi connectivity index (χ4v) is 15.0. The average molecular weight is 1300 g/mol. The standard InChI is InChI=1S/C36H27N3O2.C36H27N3.C18H15P/c40-39(41)36-24-14-13-23-35(36)28-25-33(37(29-15-5-1-6-16-29)30-17-7-2-8-18-30)27-34(26-28)38(31-19-9-3-10-20-31)32-21-11-4-12-22-32;1-5-15-27(16-6-1)38(28-17-7-2-8-18-28)31-25-33-32-23-13-14-24-34(32)37-36(33)35(26-31)39(29-19-9-3-10-20-29)30-21-11-4-12-22-30;1-4-10-16(11-5-1)19(17-12-6-2-7-13-17)18-14-8-3-9-15-18/h1-27H;1-26,37H;1-15H. The van der Waals surface area contributed by atoms with E-state index in [0.29, 0.717) is 5.56 Å². The molecule has 1 N–H and O–H groups in total. The topological polar surface area (TPSA) is 71.9 Å². The van der Waals surface area contributed by atoms with Crippen molar-refractivity contribution in [2.24, 2.45) is 0 Å². The fraction of sp³-hybridized carbons (Fsp3) is 0. The Hall–Kier alpha value is -12.9. The monoisotopic (exact) mass is 1300 g/mol. The van der Waals surface area contributed by atoms with Crippen molar-refractivity contribution in [3.63, 3.8) is 0 Å². The number of nitro benzene ring substituents is 1. The summed E-state index contributed by atoms with van der Waals surface area (Å²) >= 11 is 0. The minimum atomic E-state index is -0.446. The van der Waals surface area contributed by atoms with E-state index in [-0.39, 0.29) is 10.6 Å². The van der Waals surface area contributed by atoms with Gasteiger partial charge in [0.05, 0.1) is 21.7 Å². The highest BCUT2D eigenvalue weighted by Gasteiger charge is 2.25. The van der Waals surface area contributed by atoms with Crippen LogP contribution in [0.25, 0.3) is 32.9 Å². The Morgan fingerprint density at radius 3 is 0.889 bits per heavy atom. The zero-order valence-corrected chi connectivity index (χ0v) is 55.2. The van der Waals surface area contributed by atoms with Crippen LogP contribution in [-0.4, -0.2) is 9.91 Å². The van der Waals surface area contributed by atoms with Crippen molar-refractivity contribution in [3.8, 4) is 11.1 Å². The van der Waals surface area contributed by atoms with Gasteiger partial charge < -0.3 is 24.6 Å². The van der Waals surface area contributed by atoms with Crippen molar-refractivity contribution in [3.05, 3.63) is 423 Å². The molecule has 16 aromatic rings. The van der Waals surface area contributed by atoms with Gasteiger partial charge in [-0.2, -0.15) is 0 Å². The zero-order chi connectivity index (χ0) is 67.0. The first-order valence-corrected chi connectivity index (χ1v) is 34.3. The summed E-state index contributed by atoms with van der Waals surface area (Å²) in [6, 6.07) is 142. The largest absolute Gasteiger partial charge is 0.353 e. The summed E-state index contributed by atoms with van der Waals surface area (Å²) in [5, 5.41) is 18.7. The van der Waals surface area contributed by atoms with Crippen molar-refractivity contribution >= 4 is 120 Å². The van der Waals surface area contributed by atoms with Crippen molar-refractivity contribution in [1.29, 1.82) is 0 Å². The molecule has 99 heavy (non-hydrogen) atoms. The van der Waals surface area contributed by atoms with Gasteiger partial charge in [-0.1, -0.05) is 267 Å². The van der Waals surface area contributed by atoms with Crippen molar-refractivity contribution in [2.75, 3.05) is 19.6 Å². The van der Waals surface area contributed by atoms with E-state index in [9.17, 15) is 10.1 Å². The molecule has 16 rings (SSSR count). The van der Waals surface area contributed by atoms with E-state index < -0.39 is 7.92 Å². The normalized spacial score (nSPS) is 10.8. The highest BCUT2D eigenvalue weighted by molar-refractivity contribution is 7.79. The number of nitro groups is 1. The molecular formula is C90H69N6O2P. The Labute approximate surface area is 579 Å². The van der Waals surface area contributed by atoms with Crippen LogP contribution in [0.4, 0.5) is 73.9 Å². The lowest BCUT2D eigenvalue weighted by molar-refractivity contribution is -0.384. The Balaban J connectivity index is 0.000000135. The van der Waals surface area contributed by atoms with Gasteiger partial charge in [0.25, 0.3) is 5.69 Å². The predicted molar refractivity (Wildman–Crippen MR) is 418 cm³/mol. The maximum atomic E-state index is 12.1. The Bertz CT molecular complexity index is 4870. The van der Waals surface area contributed by atoms with Crippen molar-refractivity contribution in [1.82, 2.24) is 4.98 Å². The maximum absolute atomic E-state index is 12.1. The van der Waals surface area contributed by atoms with Crippen LogP contribution < -0.4 is 35.5 Å². The number of benzene rings is 15. The molecule has 0 saturated heterocycles. The molecule has 0 bridgehead atoms. The van der Waals surface area contributed by atoms with Gasteiger partial charge in [-0.25, -0.2) is 0 Å². The van der Waals surface area contributed by atoms with E-state index in [2.05, 4.69) is 328 Å². The van der Waals surface area contributed by atoms with E-state index in [1.807, 2.05) is 97.1 Å². The van der Waals surface area contributed by atoms with E-state index in [0.717, 1.165) is 84.8 Å². The van der Waals surface area contributed by atoms with Gasteiger partial charge in [-0.15, -0.1) is 0 Å². The quantitative estimate of drug-likeness (QED) is 0.0556. The van der Waals surface area contributed by atoms with Crippen molar-refractivity contribution in [2.45, 2.75) is 0 Å². The van der Waals surface area contributed by atoms with Crippen LogP contribution in [-0.2, 0) is 0 Å². The van der Waals surface area contributed by atoms with Crippen LogP contribution in [0.1, 0.15) is 0 Å². The molecule has 9 heteroatoms. The van der Waals surface area contributed by atoms with Crippen molar-refractivity contribution < 1.29 is 4.92 Å². The molecule has 0 aliphatic rings. The predicted octanol–water partition coefficient (Wildman–Crippen LogP) is 23.9. The first-order valence-electron chi connectivity index (χ1n) is 33.0. The van der Waals surface area contributed by atoms with Gasteiger partial charge in [0.15, 0.2) is 0 Å². The summed E-state index contributed by atoms with van der Waals surface area (Å²) in [6.07, 6.45) is 0. The molecule has 0 saturated carbocycles. The van der Waals surface area contributed by atoms with Gasteiger partial charge in [-0.05, 0) is 169 Å². The number of hydrogen-bond acceptors (Lipinski definition) is 6. The molecule has 0 atom stereocenters. The number of H-pyrrole nitrogens is 1. The lowest BCUT2D eigenvalue weighted by Crippen LogP contribution is -2.20. The third kappa shape index (κ3) is 14.5. The summed E-state index contributed by atoms with van der Waals surface area (Å²) in [4.78, 5) is 24.6. The Morgan fingerprint density at radius 2 is 0.545 bits per heavy atom. The van der Waals surface area contributed by atoms with Crippen LogP contribution in [0.15, 0.2) is 413 Å².